The van der Waals surface area contributed by atoms with Gasteiger partial charge >= 0.3 is 0 Å². The van der Waals surface area contributed by atoms with E-state index in [1.54, 1.807) is 13.0 Å². The lowest BCUT2D eigenvalue weighted by molar-refractivity contribution is 0.0936. The molecule has 0 spiro atoms. The van der Waals surface area contributed by atoms with Crippen molar-refractivity contribution in [2.24, 2.45) is 0 Å². The van der Waals surface area contributed by atoms with Crippen LogP contribution in [-0.4, -0.2) is 35.1 Å². The Balaban J connectivity index is 1.48. The third kappa shape index (κ3) is 4.18. The number of nitrogens with one attached hydrogen (secondary N) is 1. The summed E-state index contributed by atoms with van der Waals surface area (Å²) in [5.74, 6) is -0.546. The largest absolute Gasteiger partial charge is 0.360 e. The van der Waals surface area contributed by atoms with Gasteiger partial charge in [-0.1, -0.05) is 53.2 Å². The van der Waals surface area contributed by atoms with Crippen LogP contribution in [0, 0.1) is 12.7 Å². The highest BCUT2D eigenvalue weighted by Gasteiger charge is 2.29. The Morgan fingerprint density at radius 2 is 2.07 bits per heavy atom. The zero-order valence-corrected chi connectivity index (χ0v) is 16.7. The van der Waals surface area contributed by atoms with Crippen molar-refractivity contribution in [2.45, 2.75) is 25.9 Å². The van der Waals surface area contributed by atoms with Gasteiger partial charge in [-0.25, -0.2) is 4.39 Å². The number of carbonyl (C=O) groups excluding carboxylic acids is 1. The topological polar surface area (TPSA) is 58.4 Å². The lowest BCUT2D eigenvalue weighted by Gasteiger charge is -2.17. The summed E-state index contributed by atoms with van der Waals surface area (Å²) in [6, 6.07) is 14.6. The number of likely N-dealkylation sites (tertiary alicyclic amines) is 1. The van der Waals surface area contributed by atoms with Crippen molar-refractivity contribution in [2.75, 3.05) is 13.1 Å². The fourth-order valence-corrected chi connectivity index (χ4v) is 3.98. The van der Waals surface area contributed by atoms with Crippen LogP contribution in [0.2, 0.25) is 5.02 Å². The first-order valence-corrected chi connectivity index (χ1v) is 9.88. The van der Waals surface area contributed by atoms with E-state index in [4.69, 9.17) is 16.1 Å². The van der Waals surface area contributed by atoms with Crippen LogP contribution in [0.25, 0.3) is 11.3 Å². The molecule has 4 rings (SSSR count). The summed E-state index contributed by atoms with van der Waals surface area (Å²) in [7, 11) is 0. The van der Waals surface area contributed by atoms with Crippen molar-refractivity contribution < 1.29 is 13.7 Å². The minimum absolute atomic E-state index is 0.00412. The van der Waals surface area contributed by atoms with Crippen molar-refractivity contribution in [3.63, 3.8) is 0 Å². The highest BCUT2D eigenvalue weighted by Crippen LogP contribution is 2.33. The quantitative estimate of drug-likeness (QED) is 0.671. The van der Waals surface area contributed by atoms with Gasteiger partial charge in [0, 0.05) is 25.7 Å². The van der Waals surface area contributed by atoms with Crippen molar-refractivity contribution in [3.05, 3.63) is 76.3 Å². The van der Waals surface area contributed by atoms with E-state index in [0.717, 1.165) is 26.1 Å². The molecule has 1 atom stereocenters. The molecule has 0 radical (unpaired) electrons. The predicted octanol–water partition coefficient (Wildman–Crippen LogP) is 4.45. The van der Waals surface area contributed by atoms with Crippen molar-refractivity contribution in [1.29, 1.82) is 0 Å². The second-order valence-electron chi connectivity index (χ2n) is 7.24. The minimum atomic E-state index is -0.547. The molecule has 1 aliphatic rings. The van der Waals surface area contributed by atoms with Gasteiger partial charge in [0.15, 0.2) is 0 Å². The Kier molecular flexibility index (Phi) is 5.65. The van der Waals surface area contributed by atoms with E-state index in [-0.39, 0.29) is 33.8 Å². The van der Waals surface area contributed by atoms with Crippen molar-refractivity contribution in [3.8, 4) is 11.3 Å². The molecule has 150 valence electrons. The summed E-state index contributed by atoms with van der Waals surface area (Å²) in [5, 5.41) is 7.13. The summed E-state index contributed by atoms with van der Waals surface area (Å²) >= 11 is 6.16. The maximum Gasteiger partial charge on any atom is 0.257 e. The second kappa shape index (κ2) is 8.35. The van der Waals surface area contributed by atoms with Crippen LogP contribution in [0.5, 0.6) is 0 Å². The molecule has 3 aromatic rings. The molecule has 29 heavy (non-hydrogen) atoms. The summed E-state index contributed by atoms with van der Waals surface area (Å²) in [6.45, 7) is 4.13. The normalized spacial score (nSPS) is 16.9. The van der Waals surface area contributed by atoms with Gasteiger partial charge in [-0.2, -0.15) is 0 Å². The van der Waals surface area contributed by atoms with Gasteiger partial charge in [0.25, 0.3) is 5.91 Å². The van der Waals surface area contributed by atoms with Crippen LogP contribution >= 0.6 is 11.6 Å². The molecule has 1 fully saturated rings. The number of halogens is 2. The fraction of sp³-hybridized carbons (Fsp3) is 0.273. The average molecular weight is 414 g/mol. The highest BCUT2D eigenvalue weighted by molar-refractivity contribution is 6.33. The minimum Gasteiger partial charge on any atom is -0.360 e. The van der Waals surface area contributed by atoms with Gasteiger partial charge in [0.05, 0.1) is 10.6 Å². The number of carbonyl (C=O) groups is 1. The lowest BCUT2D eigenvalue weighted by atomic mass is 10.0. The Labute approximate surface area is 173 Å². The Morgan fingerprint density at radius 1 is 1.28 bits per heavy atom. The van der Waals surface area contributed by atoms with Crippen LogP contribution in [0.15, 0.2) is 53.1 Å². The summed E-state index contributed by atoms with van der Waals surface area (Å²) in [4.78, 5) is 15.3. The zero-order valence-electron chi connectivity index (χ0n) is 16.0. The van der Waals surface area contributed by atoms with Crippen molar-refractivity contribution in [1.82, 2.24) is 15.4 Å². The number of aromatic nitrogens is 1. The molecule has 0 bridgehead atoms. The summed E-state index contributed by atoms with van der Waals surface area (Å²) < 4.78 is 19.5. The molecule has 1 N–H and O–H groups in total. The number of nitrogens with zero attached hydrogens (tertiary/aromatic N) is 2. The summed E-state index contributed by atoms with van der Waals surface area (Å²) in [6.07, 6.45) is 0.846. The van der Waals surface area contributed by atoms with Crippen LogP contribution in [-0.2, 0) is 6.54 Å². The molecular weight excluding hydrogens is 393 g/mol. The molecule has 0 unspecified atom stereocenters. The maximum absolute atomic E-state index is 14.3. The predicted molar refractivity (Wildman–Crippen MR) is 109 cm³/mol. The van der Waals surface area contributed by atoms with E-state index in [2.05, 4.69) is 27.5 Å². The third-order valence-corrected chi connectivity index (χ3v) is 5.46. The molecule has 0 aliphatic carbocycles. The smallest absolute Gasteiger partial charge is 0.257 e. The fourth-order valence-electron chi connectivity index (χ4n) is 3.73. The van der Waals surface area contributed by atoms with E-state index < -0.39 is 5.82 Å². The van der Waals surface area contributed by atoms with Crippen LogP contribution < -0.4 is 5.32 Å². The SMILES string of the molecule is Cc1onc(-c2c(F)cccc2Cl)c1C(=O)N[C@H]1CCN(Cc2ccccc2)C1. The molecule has 2 aromatic carbocycles. The molecule has 1 aromatic heterocycles. The molecular formula is C22H21ClFN3O2. The molecule has 0 saturated carbocycles. The van der Waals surface area contributed by atoms with Gasteiger partial charge in [0.1, 0.15) is 22.8 Å². The first-order chi connectivity index (χ1) is 14.0. The van der Waals surface area contributed by atoms with Gasteiger partial charge in [0.2, 0.25) is 0 Å². The lowest BCUT2D eigenvalue weighted by Crippen LogP contribution is -2.37. The second-order valence-corrected chi connectivity index (χ2v) is 7.65. The Hall–Kier alpha value is -2.70. The molecule has 7 heteroatoms. The molecule has 1 aliphatic heterocycles. The summed E-state index contributed by atoms with van der Waals surface area (Å²) in [5.41, 5.74) is 1.67. The van der Waals surface area contributed by atoms with E-state index in [1.165, 1.54) is 17.7 Å². The number of amides is 1. The van der Waals surface area contributed by atoms with E-state index >= 15 is 0 Å². The number of aryl methyl sites for hydroxylation is 1. The highest BCUT2D eigenvalue weighted by atomic mass is 35.5. The standard InChI is InChI=1S/C22H21ClFN3O2/c1-14-19(21(26-29-14)20-17(23)8-5-9-18(20)24)22(28)25-16-10-11-27(13-16)12-15-6-3-2-4-7-15/h2-9,16H,10-13H2,1H3,(H,25,28)/t16-/m0/s1. The monoisotopic (exact) mass is 413 g/mol. The van der Waals surface area contributed by atoms with E-state index in [0.29, 0.717) is 5.76 Å². The first kappa shape index (κ1) is 19.6. The molecule has 5 nitrogen and oxygen atoms in total. The van der Waals surface area contributed by atoms with Crippen LogP contribution in [0.4, 0.5) is 4.39 Å². The molecule has 1 amide bonds. The Morgan fingerprint density at radius 3 is 2.83 bits per heavy atom. The van der Waals surface area contributed by atoms with Crippen molar-refractivity contribution >= 4 is 17.5 Å². The number of benzene rings is 2. The van der Waals surface area contributed by atoms with E-state index in [9.17, 15) is 9.18 Å². The van der Waals surface area contributed by atoms with Gasteiger partial charge in [-0.15, -0.1) is 0 Å². The Bertz CT molecular complexity index is 1000. The third-order valence-electron chi connectivity index (χ3n) is 5.15. The number of rotatable bonds is 5. The van der Waals surface area contributed by atoms with Gasteiger partial charge < -0.3 is 9.84 Å². The first-order valence-electron chi connectivity index (χ1n) is 9.50. The number of hydrogen-bond donors (Lipinski definition) is 1. The van der Waals surface area contributed by atoms with Crippen LogP contribution in [0.3, 0.4) is 0 Å². The van der Waals surface area contributed by atoms with Gasteiger partial charge in [-0.05, 0) is 31.0 Å². The van der Waals surface area contributed by atoms with Gasteiger partial charge in [-0.3, -0.25) is 9.69 Å². The van der Waals surface area contributed by atoms with Crippen LogP contribution in [0.1, 0.15) is 28.1 Å². The number of hydrogen-bond acceptors (Lipinski definition) is 4. The molecule has 1 saturated heterocycles. The average Bonchev–Trinajstić information content (AvgIpc) is 3.29. The van der Waals surface area contributed by atoms with E-state index in [1.807, 2.05) is 18.2 Å². The maximum atomic E-state index is 14.3. The molecule has 2 heterocycles. The zero-order chi connectivity index (χ0) is 20.4.